The summed E-state index contributed by atoms with van der Waals surface area (Å²) in [4.78, 5) is 1.26. The standard InChI is InChI=1S/C11H13ClOS/c1-7(2)14-10-5-3-4-8(12)11(10)9-6-13-9/h3-5,7,9H,6H2,1-2H3/t9-/m0/s1. The lowest BCUT2D eigenvalue weighted by atomic mass is 10.2. The summed E-state index contributed by atoms with van der Waals surface area (Å²) in [6.45, 7) is 5.18. The first-order valence-electron chi connectivity index (χ1n) is 4.75. The van der Waals surface area contributed by atoms with Gasteiger partial charge < -0.3 is 4.74 Å². The first kappa shape index (κ1) is 10.3. The Morgan fingerprint density at radius 1 is 1.50 bits per heavy atom. The molecule has 0 saturated carbocycles. The summed E-state index contributed by atoms with van der Waals surface area (Å²) in [6.07, 6.45) is 0.241. The summed E-state index contributed by atoms with van der Waals surface area (Å²) in [5, 5.41) is 1.41. The zero-order chi connectivity index (χ0) is 10.1. The Kier molecular flexibility index (Phi) is 3.05. The molecule has 14 heavy (non-hydrogen) atoms. The van der Waals surface area contributed by atoms with E-state index < -0.39 is 0 Å². The lowest BCUT2D eigenvalue weighted by Crippen LogP contribution is -1.92. The monoisotopic (exact) mass is 228 g/mol. The first-order chi connectivity index (χ1) is 6.68. The van der Waals surface area contributed by atoms with Gasteiger partial charge >= 0.3 is 0 Å². The third-order valence-electron chi connectivity index (χ3n) is 2.03. The topological polar surface area (TPSA) is 12.5 Å². The van der Waals surface area contributed by atoms with Crippen LogP contribution in [0.5, 0.6) is 0 Å². The van der Waals surface area contributed by atoms with Gasteiger partial charge in [-0.05, 0) is 12.1 Å². The van der Waals surface area contributed by atoms with Crippen LogP contribution in [0.2, 0.25) is 5.02 Å². The molecule has 1 nitrogen and oxygen atoms in total. The molecule has 76 valence electrons. The van der Waals surface area contributed by atoms with Gasteiger partial charge in [0.2, 0.25) is 0 Å². The molecule has 1 fully saturated rings. The van der Waals surface area contributed by atoms with E-state index in [1.165, 1.54) is 10.5 Å². The van der Waals surface area contributed by atoms with Gasteiger partial charge in [-0.1, -0.05) is 31.5 Å². The highest BCUT2D eigenvalue weighted by molar-refractivity contribution is 8.00. The summed E-state index contributed by atoms with van der Waals surface area (Å²) in [7, 11) is 0. The molecule has 3 heteroatoms. The molecular formula is C11H13ClOS. The smallest absolute Gasteiger partial charge is 0.108 e. The molecule has 1 aromatic rings. The van der Waals surface area contributed by atoms with Crippen LogP contribution in [0.15, 0.2) is 23.1 Å². The van der Waals surface area contributed by atoms with Crippen molar-refractivity contribution in [3.05, 3.63) is 28.8 Å². The van der Waals surface area contributed by atoms with Crippen molar-refractivity contribution in [3.63, 3.8) is 0 Å². The Morgan fingerprint density at radius 3 is 2.79 bits per heavy atom. The largest absolute Gasteiger partial charge is 0.368 e. The van der Waals surface area contributed by atoms with Gasteiger partial charge in [-0.3, -0.25) is 0 Å². The van der Waals surface area contributed by atoms with Gasteiger partial charge in [0.05, 0.1) is 6.61 Å². The zero-order valence-corrected chi connectivity index (χ0v) is 9.86. The summed E-state index contributed by atoms with van der Waals surface area (Å²) >= 11 is 8.00. The van der Waals surface area contributed by atoms with Crippen LogP contribution in [0.4, 0.5) is 0 Å². The van der Waals surface area contributed by atoms with E-state index in [1.807, 2.05) is 23.9 Å². The minimum absolute atomic E-state index is 0.241. The molecule has 1 heterocycles. The number of hydrogen-bond acceptors (Lipinski definition) is 2. The van der Waals surface area contributed by atoms with Crippen LogP contribution in [-0.2, 0) is 4.74 Å². The molecule has 1 aliphatic rings. The third kappa shape index (κ3) is 2.25. The van der Waals surface area contributed by atoms with E-state index in [0.717, 1.165) is 11.6 Å². The van der Waals surface area contributed by atoms with E-state index in [4.69, 9.17) is 16.3 Å². The molecule has 1 saturated heterocycles. The molecule has 0 N–H and O–H groups in total. The van der Waals surface area contributed by atoms with E-state index in [1.54, 1.807) is 0 Å². The Morgan fingerprint density at radius 2 is 2.21 bits per heavy atom. The van der Waals surface area contributed by atoms with Gasteiger partial charge in [0.25, 0.3) is 0 Å². The molecule has 1 aliphatic heterocycles. The highest BCUT2D eigenvalue weighted by Crippen LogP contribution is 2.41. The Hall–Kier alpha value is -0.180. The maximum Gasteiger partial charge on any atom is 0.108 e. The quantitative estimate of drug-likeness (QED) is 0.575. The predicted molar refractivity (Wildman–Crippen MR) is 61.1 cm³/mol. The molecular weight excluding hydrogens is 216 g/mol. The van der Waals surface area contributed by atoms with Gasteiger partial charge in [0.15, 0.2) is 0 Å². The Bertz CT molecular complexity index is 334. The molecule has 0 bridgehead atoms. The predicted octanol–water partition coefficient (Wildman–Crippen LogP) is 3.91. The molecule has 0 aromatic heterocycles. The molecule has 0 spiro atoms. The minimum atomic E-state index is 0.241. The van der Waals surface area contributed by atoms with E-state index >= 15 is 0 Å². The average molecular weight is 229 g/mol. The van der Waals surface area contributed by atoms with Gasteiger partial charge in [0, 0.05) is 20.7 Å². The second kappa shape index (κ2) is 4.13. The molecule has 2 rings (SSSR count). The number of epoxide rings is 1. The van der Waals surface area contributed by atoms with Crippen molar-refractivity contribution in [1.82, 2.24) is 0 Å². The minimum Gasteiger partial charge on any atom is -0.368 e. The van der Waals surface area contributed by atoms with Gasteiger partial charge in [-0.25, -0.2) is 0 Å². The van der Waals surface area contributed by atoms with Crippen molar-refractivity contribution in [1.29, 1.82) is 0 Å². The maximum atomic E-state index is 6.15. The van der Waals surface area contributed by atoms with Crippen LogP contribution in [0.1, 0.15) is 25.5 Å². The summed E-state index contributed by atoms with van der Waals surface area (Å²) in [6, 6.07) is 6.05. The zero-order valence-electron chi connectivity index (χ0n) is 8.29. The average Bonchev–Trinajstić information content (AvgIpc) is 2.86. The van der Waals surface area contributed by atoms with Crippen LogP contribution in [-0.4, -0.2) is 11.9 Å². The Labute approximate surface area is 93.8 Å². The third-order valence-corrected chi connectivity index (χ3v) is 3.44. The Balaban J connectivity index is 2.32. The fourth-order valence-electron chi connectivity index (χ4n) is 1.40. The molecule has 1 atom stereocenters. The number of hydrogen-bond donors (Lipinski definition) is 0. The van der Waals surface area contributed by atoms with Crippen molar-refractivity contribution < 1.29 is 4.74 Å². The van der Waals surface area contributed by atoms with Crippen LogP contribution in [0.25, 0.3) is 0 Å². The van der Waals surface area contributed by atoms with Gasteiger partial charge in [-0.2, -0.15) is 0 Å². The fraction of sp³-hybridized carbons (Fsp3) is 0.455. The highest BCUT2D eigenvalue weighted by atomic mass is 35.5. The second-order valence-electron chi connectivity index (χ2n) is 3.64. The first-order valence-corrected chi connectivity index (χ1v) is 6.01. The number of thioether (sulfide) groups is 1. The van der Waals surface area contributed by atoms with Crippen molar-refractivity contribution >= 4 is 23.4 Å². The van der Waals surface area contributed by atoms with E-state index in [9.17, 15) is 0 Å². The van der Waals surface area contributed by atoms with Crippen molar-refractivity contribution in [2.45, 2.75) is 30.1 Å². The van der Waals surface area contributed by atoms with Crippen LogP contribution in [0.3, 0.4) is 0 Å². The van der Waals surface area contributed by atoms with Crippen LogP contribution < -0.4 is 0 Å². The number of rotatable bonds is 3. The van der Waals surface area contributed by atoms with Crippen LogP contribution >= 0.6 is 23.4 Å². The SMILES string of the molecule is CC(C)Sc1cccc(Cl)c1[C@@H]1CO1. The number of halogens is 1. The summed E-state index contributed by atoms with van der Waals surface area (Å²) < 4.78 is 5.30. The normalized spacial score (nSPS) is 20.1. The fourth-order valence-corrected chi connectivity index (χ4v) is 2.79. The summed E-state index contributed by atoms with van der Waals surface area (Å²) in [5.74, 6) is 0. The summed E-state index contributed by atoms with van der Waals surface area (Å²) in [5.41, 5.74) is 1.17. The second-order valence-corrected chi connectivity index (χ2v) is 5.67. The van der Waals surface area contributed by atoms with Crippen molar-refractivity contribution in [2.24, 2.45) is 0 Å². The van der Waals surface area contributed by atoms with Crippen molar-refractivity contribution in [3.8, 4) is 0 Å². The van der Waals surface area contributed by atoms with Gasteiger partial charge in [0.1, 0.15) is 6.10 Å². The lowest BCUT2D eigenvalue weighted by molar-refractivity contribution is 0.413. The highest BCUT2D eigenvalue weighted by Gasteiger charge is 2.29. The molecule has 1 aromatic carbocycles. The molecule has 0 amide bonds. The molecule has 0 aliphatic carbocycles. The van der Waals surface area contributed by atoms with E-state index in [2.05, 4.69) is 19.9 Å². The lowest BCUT2D eigenvalue weighted by Gasteiger charge is -2.10. The molecule has 0 unspecified atom stereocenters. The number of ether oxygens (including phenoxy) is 1. The molecule has 0 radical (unpaired) electrons. The number of benzene rings is 1. The van der Waals surface area contributed by atoms with Gasteiger partial charge in [-0.15, -0.1) is 11.8 Å². The van der Waals surface area contributed by atoms with E-state index in [-0.39, 0.29) is 6.10 Å². The van der Waals surface area contributed by atoms with Crippen LogP contribution in [0, 0.1) is 0 Å². The maximum absolute atomic E-state index is 6.15. The van der Waals surface area contributed by atoms with E-state index in [0.29, 0.717) is 5.25 Å². The van der Waals surface area contributed by atoms with Crippen molar-refractivity contribution in [2.75, 3.05) is 6.61 Å².